The summed E-state index contributed by atoms with van der Waals surface area (Å²) in [5.41, 5.74) is 8.80. The van der Waals surface area contributed by atoms with Crippen molar-refractivity contribution in [3.63, 3.8) is 0 Å². The summed E-state index contributed by atoms with van der Waals surface area (Å²) in [4.78, 5) is 9.58. The van der Waals surface area contributed by atoms with Crippen molar-refractivity contribution in [3.8, 4) is 0 Å². The lowest BCUT2D eigenvalue weighted by molar-refractivity contribution is -0.0393. The van der Waals surface area contributed by atoms with Gasteiger partial charge in [0.2, 0.25) is 0 Å². The monoisotopic (exact) mass is 279 g/mol. The molecule has 0 saturated heterocycles. The molecule has 1 aromatic heterocycles. The van der Waals surface area contributed by atoms with E-state index in [1.165, 1.54) is 5.56 Å². The van der Waals surface area contributed by atoms with Crippen LogP contribution in [-0.4, -0.2) is 23.1 Å². The van der Waals surface area contributed by atoms with Crippen molar-refractivity contribution in [2.75, 3.05) is 13.2 Å². The van der Waals surface area contributed by atoms with E-state index < -0.39 is 5.60 Å². The third-order valence-electron chi connectivity index (χ3n) is 3.85. The molecule has 2 N–H and O–H groups in total. The van der Waals surface area contributed by atoms with Gasteiger partial charge in [-0.1, -0.05) is 20.8 Å². The number of hydrogen-bond donors (Lipinski definition) is 1. The number of nitrogens with two attached hydrogens (primary N) is 1. The Bertz CT molecular complexity index is 409. The van der Waals surface area contributed by atoms with Crippen LogP contribution in [0.3, 0.4) is 0 Å². The van der Waals surface area contributed by atoms with Crippen LogP contribution in [0.1, 0.15) is 63.8 Å². The number of ether oxygens (including phenoxy) is 1. The molecule has 0 aliphatic heterocycles. The summed E-state index contributed by atoms with van der Waals surface area (Å²) < 4.78 is 5.91. The molecule has 1 atom stereocenters. The number of rotatable bonds is 8. The molecular formula is C16H29N3O. The van der Waals surface area contributed by atoms with E-state index in [1.807, 2.05) is 6.92 Å². The number of aromatic nitrogens is 2. The van der Waals surface area contributed by atoms with E-state index in [9.17, 15) is 0 Å². The third kappa shape index (κ3) is 3.55. The highest BCUT2D eigenvalue weighted by Crippen LogP contribution is 2.28. The van der Waals surface area contributed by atoms with Gasteiger partial charge in [-0.15, -0.1) is 0 Å². The SMILES string of the molecule is CCOC(C)(CC)c1nc(CC)c(CCN)c(CC)n1. The highest BCUT2D eigenvalue weighted by molar-refractivity contribution is 5.28. The average Bonchev–Trinajstić information content (AvgIpc) is 2.47. The Morgan fingerprint density at radius 2 is 1.60 bits per heavy atom. The summed E-state index contributed by atoms with van der Waals surface area (Å²) >= 11 is 0. The van der Waals surface area contributed by atoms with Gasteiger partial charge < -0.3 is 10.5 Å². The van der Waals surface area contributed by atoms with Gasteiger partial charge in [-0.3, -0.25) is 0 Å². The molecule has 0 saturated carbocycles. The van der Waals surface area contributed by atoms with Crippen LogP contribution >= 0.6 is 0 Å². The standard InChI is InChI=1S/C16H29N3O/c1-6-13-12(10-11-17)14(7-2)19-15(18-13)16(5,8-3)20-9-4/h6-11,17H2,1-5H3. The van der Waals surface area contributed by atoms with Gasteiger partial charge in [-0.2, -0.15) is 0 Å². The minimum absolute atomic E-state index is 0.399. The molecule has 1 aromatic rings. The van der Waals surface area contributed by atoms with E-state index in [0.717, 1.165) is 42.9 Å². The van der Waals surface area contributed by atoms with Crippen molar-refractivity contribution < 1.29 is 4.74 Å². The van der Waals surface area contributed by atoms with Crippen molar-refractivity contribution in [1.82, 2.24) is 9.97 Å². The predicted octanol–water partition coefficient (Wildman–Crippen LogP) is 2.76. The molecule has 4 nitrogen and oxygen atoms in total. The molecule has 0 aliphatic carbocycles. The fraction of sp³-hybridized carbons (Fsp3) is 0.750. The maximum absolute atomic E-state index is 5.91. The second-order valence-corrected chi connectivity index (χ2v) is 5.18. The van der Waals surface area contributed by atoms with Crippen LogP contribution in [0.15, 0.2) is 0 Å². The van der Waals surface area contributed by atoms with Crippen molar-refractivity contribution in [1.29, 1.82) is 0 Å². The summed E-state index contributed by atoms with van der Waals surface area (Å²) in [5, 5.41) is 0. The molecule has 0 fully saturated rings. The second-order valence-electron chi connectivity index (χ2n) is 5.18. The second kappa shape index (κ2) is 7.70. The van der Waals surface area contributed by atoms with E-state index >= 15 is 0 Å². The van der Waals surface area contributed by atoms with E-state index in [0.29, 0.717) is 13.2 Å². The maximum atomic E-state index is 5.91. The zero-order chi connectivity index (χ0) is 15.2. The third-order valence-corrected chi connectivity index (χ3v) is 3.85. The Balaban J connectivity index is 3.35. The predicted molar refractivity (Wildman–Crippen MR) is 82.8 cm³/mol. The summed E-state index contributed by atoms with van der Waals surface area (Å²) in [6.07, 6.45) is 3.53. The molecule has 1 unspecified atom stereocenters. The molecule has 1 rings (SSSR count). The van der Waals surface area contributed by atoms with Crippen LogP contribution in [0.25, 0.3) is 0 Å². The summed E-state index contributed by atoms with van der Waals surface area (Å²) in [7, 11) is 0. The van der Waals surface area contributed by atoms with Gasteiger partial charge in [0.1, 0.15) is 5.60 Å². The van der Waals surface area contributed by atoms with Gasteiger partial charge in [0.15, 0.2) is 5.82 Å². The van der Waals surface area contributed by atoms with Crippen molar-refractivity contribution in [2.45, 2.75) is 65.9 Å². The molecule has 4 heteroatoms. The minimum Gasteiger partial charge on any atom is -0.368 e. The number of nitrogens with zero attached hydrogens (tertiary/aromatic N) is 2. The van der Waals surface area contributed by atoms with Crippen molar-refractivity contribution in [3.05, 3.63) is 22.8 Å². The molecule has 20 heavy (non-hydrogen) atoms. The van der Waals surface area contributed by atoms with E-state index in [4.69, 9.17) is 20.4 Å². The number of hydrogen-bond acceptors (Lipinski definition) is 4. The van der Waals surface area contributed by atoms with Gasteiger partial charge in [-0.05, 0) is 51.6 Å². The highest BCUT2D eigenvalue weighted by Gasteiger charge is 2.29. The lowest BCUT2D eigenvalue weighted by Crippen LogP contribution is -2.29. The van der Waals surface area contributed by atoms with Crippen molar-refractivity contribution >= 4 is 0 Å². The Hall–Kier alpha value is -1.00. The zero-order valence-corrected chi connectivity index (χ0v) is 13.6. The highest BCUT2D eigenvalue weighted by atomic mass is 16.5. The van der Waals surface area contributed by atoms with Crippen molar-refractivity contribution in [2.24, 2.45) is 5.73 Å². The Kier molecular flexibility index (Phi) is 6.56. The summed E-state index contributed by atoms with van der Waals surface area (Å²) in [6, 6.07) is 0. The van der Waals surface area contributed by atoms with E-state index in [1.54, 1.807) is 0 Å². The maximum Gasteiger partial charge on any atom is 0.160 e. The normalized spacial score (nSPS) is 14.3. The van der Waals surface area contributed by atoms with Crippen LogP contribution in [0, 0.1) is 0 Å². The van der Waals surface area contributed by atoms with Gasteiger partial charge in [0.05, 0.1) is 0 Å². The number of aryl methyl sites for hydroxylation is 2. The van der Waals surface area contributed by atoms with Crippen LogP contribution < -0.4 is 5.73 Å². The first-order valence-corrected chi connectivity index (χ1v) is 7.79. The molecular weight excluding hydrogens is 250 g/mol. The molecule has 0 bridgehead atoms. The molecule has 0 aromatic carbocycles. The summed E-state index contributed by atoms with van der Waals surface area (Å²) in [6.45, 7) is 11.8. The quantitative estimate of drug-likeness (QED) is 0.795. The van der Waals surface area contributed by atoms with Crippen LogP contribution in [-0.2, 0) is 29.6 Å². The minimum atomic E-state index is -0.399. The Labute approximate surface area is 123 Å². The first-order chi connectivity index (χ1) is 9.56. The van der Waals surface area contributed by atoms with Crippen LogP contribution in [0.2, 0.25) is 0 Å². The molecule has 0 radical (unpaired) electrons. The first kappa shape index (κ1) is 17.1. The first-order valence-electron chi connectivity index (χ1n) is 7.79. The fourth-order valence-electron chi connectivity index (χ4n) is 2.48. The largest absolute Gasteiger partial charge is 0.368 e. The Morgan fingerprint density at radius 3 is 1.95 bits per heavy atom. The van der Waals surface area contributed by atoms with Crippen LogP contribution in [0.5, 0.6) is 0 Å². The average molecular weight is 279 g/mol. The van der Waals surface area contributed by atoms with Gasteiger partial charge in [0, 0.05) is 18.0 Å². The molecule has 0 aliphatic rings. The smallest absolute Gasteiger partial charge is 0.160 e. The lowest BCUT2D eigenvalue weighted by atomic mass is 9.99. The Morgan fingerprint density at radius 1 is 1.05 bits per heavy atom. The molecule has 1 heterocycles. The van der Waals surface area contributed by atoms with Crippen LogP contribution in [0.4, 0.5) is 0 Å². The fourth-order valence-corrected chi connectivity index (χ4v) is 2.48. The van der Waals surface area contributed by atoms with Gasteiger partial charge in [-0.25, -0.2) is 9.97 Å². The summed E-state index contributed by atoms with van der Waals surface area (Å²) in [5.74, 6) is 0.816. The van der Waals surface area contributed by atoms with Gasteiger partial charge in [0.25, 0.3) is 0 Å². The zero-order valence-electron chi connectivity index (χ0n) is 13.6. The van der Waals surface area contributed by atoms with E-state index in [-0.39, 0.29) is 0 Å². The topological polar surface area (TPSA) is 61.0 Å². The lowest BCUT2D eigenvalue weighted by Gasteiger charge is -2.28. The molecule has 114 valence electrons. The molecule has 0 spiro atoms. The van der Waals surface area contributed by atoms with Gasteiger partial charge >= 0.3 is 0 Å². The van der Waals surface area contributed by atoms with E-state index in [2.05, 4.69) is 27.7 Å². The molecule has 0 amide bonds.